The fourth-order valence-corrected chi connectivity index (χ4v) is 2.18. The number of benzene rings is 1. The molecule has 15 heavy (non-hydrogen) atoms. The van der Waals surface area contributed by atoms with E-state index in [9.17, 15) is 0 Å². The fraction of sp³-hybridized carbons (Fsp3) is 0.200. The van der Waals surface area contributed by atoms with Crippen molar-refractivity contribution in [3.8, 4) is 0 Å². The van der Waals surface area contributed by atoms with E-state index < -0.39 is 0 Å². The van der Waals surface area contributed by atoms with Crippen LogP contribution in [0.1, 0.15) is 22.3 Å². The highest BCUT2D eigenvalue weighted by Gasteiger charge is 2.11. The number of hydrogen-bond donors (Lipinski definition) is 0. The van der Waals surface area contributed by atoms with Gasteiger partial charge >= 0.3 is 0 Å². The van der Waals surface area contributed by atoms with Gasteiger partial charge in [0.15, 0.2) is 0 Å². The van der Waals surface area contributed by atoms with Crippen molar-refractivity contribution in [1.29, 1.82) is 0 Å². The summed E-state index contributed by atoms with van der Waals surface area (Å²) in [5.74, 6) is 0. The first-order valence-corrected chi connectivity index (χ1v) is 5.38. The Labute approximate surface area is 91.6 Å². The molecule has 1 aliphatic rings. The minimum absolute atomic E-state index is 0.949. The third kappa shape index (κ3) is 1.80. The van der Waals surface area contributed by atoms with Crippen LogP contribution in [0.3, 0.4) is 0 Å². The van der Waals surface area contributed by atoms with Gasteiger partial charge in [0.25, 0.3) is 0 Å². The molecule has 2 rings (SSSR count). The predicted octanol–water partition coefficient (Wildman–Crippen LogP) is 3.71. The number of hydrogen-bond acceptors (Lipinski definition) is 0. The van der Waals surface area contributed by atoms with Crippen molar-refractivity contribution >= 4 is 6.08 Å². The van der Waals surface area contributed by atoms with Gasteiger partial charge in [-0.1, -0.05) is 36.4 Å². The number of fused-ring (bicyclic) bond motifs is 1. The molecule has 0 aromatic heterocycles. The summed E-state index contributed by atoms with van der Waals surface area (Å²) in [4.78, 5) is 0. The maximum absolute atomic E-state index is 3.83. The van der Waals surface area contributed by atoms with Crippen LogP contribution in [0.2, 0.25) is 0 Å². The summed E-state index contributed by atoms with van der Waals surface area (Å²) in [5.41, 5.74) is 5.67. The maximum atomic E-state index is 3.83. The summed E-state index contributed by atoms with van der Waals surface area (Å²) in [6.07, 6.45) is 11.4. The molecule has 0 unspecified atom stereocenters. The van der Waals surface area contributed by atoms with Crippen molar-refractivity contribution in [2.75, 3.05) is 0 Å². The molecule has 0 fully saturated rings. The van der Waals surface area contributed by atoms with E-state index >= 15 is 0 Å². The zero-order valence-corrected chi connectivity index (χ0v) is 9.00. The van der Waals surface area contributed by atoms with Gasteiger partial charge in [0.2, 0.25) is 0 Å². The lowest BCUT2D eigenvalue weighted by molar-refractivity contribution is 1.13. The molecular weight excluding hydrogens is 180 g/mol. The van der Waals surface area contributed by atoms with Gasteiger partial charge in [0.05, 0.1) is 0 Å². The fourth-order valence-electron chi connectivity index (χ4n) is 2.18. The van der Waals surface area contributed by atoms with E-state index in [2.05, 4.69) is 37.4 Å². The van der Waals surface area contributed by atoms with Gasteiger partial charge in [-0.2, -0.15) is 0 Å². The van der Waals surface area contributed by atoms with Crippen LogP contribution in [-0.2, 0) is 19.3 Å². The molecule has 0 amide bonds. The quantitative estimate of drug-likeness (QED) is 0.644. The van der Waals surface area contributed by atoms with Gasteiger partial charge in [-0.15, -0.1) is 13.2 Å². The molecule has 0 atom stereocenters. The van der Waals surface area contributed by atoms with Crippen LogP contribution >= 0.6 is 0 Å². The Kier molecular flexibility index (Phi) is 2.86. The third-order valence-electron chi connectivity index (χ3n) is 2.88. The number of allylic oxidation sites excluding steroid dienone is 3. The standard InChI is InChI=1S/C15H16/c1-3-6-12-10-11-13-8-5-9-15(13)14(12)7-4-2/h3-5,9-11H,1-2,6-8H2. The first-order chi connectivity index (χ1) is 7.36. The van der Waals surface area contributed by atoms with E-state index in [1.165, 1.54) is 22.3 Å². The van der Waals surface area contributed by atoms with Gasteiger partial charge in [0.1, 0.15) is 0 Å². The minimum atomic E-state index is 0.949. The lowest BCUT2D eigenvalue weighted by Gasteiger charge is -2.11. The minimum Gasteiger partial charge on any atom is -0.103 e. The molecule has 0 heterocycles. The Bertz CT molecular complexity index is 422. The van der Waals surface area contributed by atoms with Crippen molar-refractivity contribution < 1.29 is 0 Å². The van der Waals surface area contributed by atoms with E-state index in [0.717, 1.165) is 19.3 Å². The highest BCUT2D eigenvalue weighted by molar-refractivity contribution is 5.65. The predicted molar refractivity (Wildman–Crippen MR) is 67.0 cm³/mol. The largest absolute Gasteiger partial charge is 0.103 e. The molecule has 76 valence electrons. The summed E-state index contributed by atoms with van der Waals surface area (Å²) < 4.78 is 0. The summed E-state index contributed by atoms with van der Waals surface area (Å²) >= 11 is 0. The Hall–Kier alpha value is -1.56. The first kappa shape index (κ1) is 9.97. The molecule has 1 aliphatic carbocycles. The van der Waals surface area contributed by atoms with Crippen LogP contribution in [0.4, 0.5) is 0 Å². The Morgan fingerprint density at radius 3 is 2.67 bits per heavy atom. The smallest absolute Gasteiger partial charge is 0.00881 e. The molecule has 0 radical (unpaired) electrons. The lowest BCUT2D eigenvalue weighted by Crippen LogP contribution is -1.97. The zero-order chi connectivity index (χ0) is 10.7. The highest BCUT2D eigenvalue weighted by atomic mass is 14.2. The maximum Gasteiger partial charge on any atom is -0.00881 e. The molecule has 1 aromatic carbocycles. The molecule has 0 bridgehead atoms. The van der Waals surface area contributed by atoms with Crippen molar-refractivity contribution in [3.63, 3.8) is 0 Å². The van der Waals surface area contributed by atoms with Crippen LogP contribution in [0.15, 0.2) is 43.5 Å². The van der Waals surface area contributed by atoms with E-state index in [0.29, 0.717) is 0 Å². The lowest BCUT2D eigenvalue weighted by atomic mass is 9.94. The van der Waals surface area contributed by atoms with Crippen LogP contribution in [0, 0.1) is 0 Å². The Balaban J connectivity index is 2.51. The third-order valence-corrected chi connectivity index (χ3v) is 2.88. The van der Waals surface area contributed by atoms with Crippen LogP contribution < -0.4 is 0 Å². The first-order valence-electron chi connectivity index (χ1n) is 5.38. The molecule has 0 saturated carbocycles. The van der Waals surface area contributed by atoms with E-state index in [1.54, 1.807) is 0 Å². The van der Waals surface area contributed by atoms with Gasteiger partial charge in [-0.3, -0.25) is 0 Å². The van der Waals surface area contributed by atoms with Crippen molar-refractivity contribution in [2.45, 2.75) is 19.3 Å². The SMILES string of the molecule is C=CCc1ccc2c(c1CC=C)C=CC2. The summed E-state index contributed by atoms with van der Waals surface area (Å²) in [6.45, 7) is 7.64. The molecule has 0 spiro atoms. The second-order valence-electron chi connectivity index (χ2n) is 3.87. The van der Waals surface area contributed by atoms with Gasteiger partial charge in [-0.05, 0) is 41.5 Å². The second-order valence-corrected chi connectivity index (χ2v) is 3.87. The molecule has 0 N–H and O–H groups in total. The van der Waals surface area contributed by atoms with Crippen molar-refractivity contribution in [1.82, 2.24) is 0 Å². The molecule has 0 heteroatoms. The zero-order valence-electron chi connectivity index (χ0n) is 9.00. The van der Waals surface area contributed by atoms with Gasteiger partial charge in [0, 0.05) is 0 Å². The van der Waals surface area contributed by atoms with Crippen LogP contribution in [-0.4, -0.2) is 0 Å². The average molecular weight is 196 g/mol. The highest BCUT2D eigenvalue weighted by Crippen LogP contribution is 2.27. The van der Waals surface area contributed by atoms with Gasteiger partial charge < -0.3 is 0 Å². The Morgan fingerprint density at radius 1 is 1.13 bits per heavy atom. The molecule has 0 aliphatic heterocycles. The van der Waals surface area contributed by atoms with Gasteiger partial charge in [-0.25, -0.2) is 0 Å². The van der Waals surface area contributed by atoms with E-state index in [1.807, 2.05) is 12.2 Å². The second kappa shape index (κ2) is 4.31. The summed E-state index contributed by atoms with van der Waals surface area (Å²) in [6, 6.07) is 4.47. The Morgan fingerprint density at radius 2 is 1.93 bits per heavy atom. The average Bonchev–Trinajstić information content (AvgIpc) is 2.70. The molecule has 0 nitrogen and oxygen atoms in total. The normalized spacial score (nSPS) is 12.5. The van der Waals surface area contributed by atoms with Crippen LogP contribution in [0.5, 0.6) is 0 Å². The molecule has 1 aromatic rings. The van der Waals surface area contributed by atoms with E-state index in [4.69, 9.17) is 0 Å². The van der Waals surface area contributed by atoms with Crippen molar-refractivity contribution in [3.05, 3.63) is 65.8 Å². The van der Waals surface area contributed by atoms with E-state index in [-0.39, 0.29) is 0 Å². The topological polar surface area (TPSA) is 0 Å². The molecular formula is C15H16. The molecule has 0 saturated heterocycles. The monoisotopic (exact) mass is 196 g/mol. The van der Waals surface area contributed by atoms with Crippen molar-refractivity contribution in [2.24, 2.45) is 0 Å². The van der Waals surface area contributed by atoms with Crippen LogP contribution in [0.25, 0.3) is 6.08 Å². The number of rotatable bonds is 4. The summed E-state index contributed by atoms with van der Waals surface area (Å²) in [5, 5.41) is 0. The summed E-state index contributed by atoms with van der Waals surface area (Å²) in [7, 11) is 0.